The highest BCUT2D eigenvalue weighted by Crippen LogP contribution is 2.52. The number of anilines is 2. The van der Waals surface area contributed by atoms with Crippen LogP contribution in [-0.2, 0) is 14.3 Å². The lowest BCUT2D eigenvalue weighted by molar-refractivity contribution is -0.274. The van der Waals surface area contributed by atoms with Crippen molar-refractivity contribution in [2.45, 2.75) is 84.7 Å². The van der Waals surface area contributed by atoms with E-state index in [9.17, 15) is 32.3 Å². The standard InChI is InChI=1S/C45H54ClF3N8O6Si/c1-25(2)38(54-43(61)62-6)42(60)57-24-64(7,8)23-35(57)39-51-21-34(52-39)28-11-9-27(10-12-28)30-17-32(46)33(18-36(30)63-45(47,48)49)53-40(58)29-13-14-37(50-20-29)56-16-15-55(22-26(56)3)41(59)31-19-44(31,4)5/h9-14,17-18,20-21,25-26,31,35,38H,15-16,19,22-24H2,1-8H3,(H,51,52)(H,53,58)(H,54,61)/t26-,31-,35+,38+/m1/s1. The number of carbonyl (C=O) groups is 4. The summed E-state index contributed by atoms with van der Waals surface area (Å²) >= 11 is 6.62. The van der Waals surface area contributed by atoms with Crippen molar-refractivity contribution < 1.29 is 41.8 Å². The average Bonchev–Trinajstić information content (AvgIpc) is 3.50. The zero-order chi connectivity index (χ0) is 46.5. The van der Waals surface area contributed by atoms with Crippen LogP contribution in [0.25, 0.3) is 22.4 Å². The van der Waals surface area contributed by atoms with Crippen LogP contribution >= 0.6 is 11.6 Å². The first-order valence-electron chi connectivity index (χ1n) is 21.3. The fraction of sp³-hybridized carbons (Fsp3) is 0.467. The molecule has 2 saturated heterocycles. The molecule has 64 heavy (non-hydrogen) atoms. The Labute approximate surface area is 376 Å². The van der Waals surface area contributed by atoms with Gasteiger partial charge in [-0.3, -0.25) is 14.4 Å². The third-order valence-corrected chi connectivity index (χ3v) is 15.4. The van der Waals surface area contributed by atoms with Crippen LogP contribution in [0, 0.1) is 17.3 Å². The number of pyridine rings is 1. The van der Waals surface area contributed by atoms with Gasteiger partial charge in [-0.25, -0.2) is 14.8 Å². The van der Waals surface area contributed by atoms with Crippen molar-refractivity contribution in [2.75, 3.05) is 43.1 Å². The minimum absolute atomic E-state index is 0.00553. The monoisotopic (exact) mass is 922 g/mol. The van der Waals surface area contributed by atoms with Crippen molar-refractivity contribution in [3.8, 4) is 28.1 Å². The van der Waals surface area contributed by atoms with Crippen LogP contribution in [0.1, 0.15) is 63.3 Å². The number of H-pyrrole nitrogens is 1. The largest absolute Gasteiger partial charge is 0.573 e. The first-order chi connectivity index (χ1) is 30.0. The zero-order valence-corrected chi connectivity index (χ0v) is 38.9. The van der Waals surface area contributed by atoms with E-state index in [4.69, 9.17) is 21.3 Å². The van der Waals surface area contributed by atoms with Crippen LogP contribution in [0.15, 0.2) is 60.9 Å². The summed E-state index contributed by atoms with van der Waals surface area (Å²) in [5, 5.41) is 5.25. The maximum absolute atomic E-state index is 13.9. The second kappa shape index (κ2) is 17.7. The highest BCUT2D eigenvalue weighted by molar-refractivity contribution is 6.78. The van der Waals surface area contributed by atoms with Gasteiger partial charge in [-0.1, -0.05) is 76.7 Å². The highest BCUT2D eigenvalue weighted by Gasteiger charge is 2.52. The van der Waals surface area contributed by atoms with E-state index in [0.29, 0.717) is 54.3 Å². The fourth-order valence-electron chi connectivity index (χ4n) is 8.68. The van der Waals surface area contributed by atoms with Crippen LogP contribution in [0.3, 0.4) is 0 Å². The molecule has 3 aliphatic rings. The van der Waals surface area contributed by atoms with Crippen molar-refractivity contribution in [1.82, 2.24) is 30.1 Å². The predicted octanol–water partition coefficient (Wildman–Crippen LogP) is 8.54. The van der Waals surface area contributed by atoms with Crippen LogP contribution in [-0.4, -0.2) is 108 Å². The van der Waals surface area contributed by atoms with E-state index in [2.05, 4.69) is 57.2 Å². The maximum atomic E-state index is 13.9. The number of alkyl carbamates (subject to hydrolysis) is 1. The Morgan fingerprint density at radius 2 is 1.72 bits per heavy atom. The topological polar surface area (TPSA) is 162 Å². The zero-order valence-electron chi connectivity index (χ0n) is 37.1. The molecule has 14 nitrogen and oxygen atoms in total. The van der Waals surface area contributed by atoms with Gasteiger partial charge in [-0.05, 0) is 54.5 Å². The number of methoxy groups -OCH3 is 1. The predicted molar refractivity (Wildman–Crippen MR) is 240 cm³/mol. The van der Waals surface area contributed by atoms with Crippen LogP contribution in [0.4, 0.5) is 29.5 Å². The number of carbonyl (C=O) groups excluding carboxylic acids is 4. The number of nitrogens with zero attached hydrogens (tertiary/aromatic N) is 5. The van der Waals surface area contributed by atoms with Gasteiger partial charge in [0.15, 0.2) is 0 Å². The van der Waals surface area contributed by atoms with E-state index in [0.717, 1.165) is 18.5 Å². The molecule has 0 spiro atoms. The quantitative estimate of drug-likeness (QED) is 0.125. The van der Waals surface area contributed by atoms with Gasteiger partial charge in [0.2, 0.25) is 11.8 Å². The van der Waals surface area contributed by atoms with Gasteiger partial charge < -0.3 is 39.8 Å². The molecule has 0 radical (unpaired) electrons. The third-order valence-electron chi connectivity index (χ3n) is 12.4. The number of aromatic amines is 1. The summed E-state index contributed by atoms with van der Waals surface area (Å²) in [5.41, 5.74) is 1.71. The molecule has 4 aromatic rings. The molecule has 0 unspecified atom stereocenters. The Morgan fingerprint density at radius 3 is 2.31 bits per heavy atom. The van der Waals surface area contributed by atoms with Crippen molar-refractivity contribution in [3.05, 3.63) is 77.3 Å². The first-order valence-corrected chi connectivity index (χ1v) is 25.1. The van der Waals surface area contributed by atoms with Gasteiger partial charge >= 0.3 is 12.5 Å². The summed E-state index contributed by atoms with van der Waals surface area (Å²) in [7, 11) is -0.625. The Bertz CT molecular complexity index is 2410. The highest BCUT2D eigenvalue weighted by atomic mass is 35.5. The molecular weight excluding hydrogens is 869 g/mol. The average molecular weight is 924 g/mol. The number of aromatic nitrogens is 3. The molecule has 4 atom stereocenters. The SMILES string of the molecule is COC(=O)N[C@H](C(=O)N1C[Si](C)(C)C[C@H]1c1nc(-c2ccc(-c3cc(Cl)c(NC(=O)c4ccc(N5CCN(C(=O)[C@H]6CC6(C)C)C[C@H]5C)nc4)cc3OC(F)(F)F)cc2)c[nH]1)C(C)C. The van der Waals surface area contributed by atoms with Gasteiger partial charge in [0, 0.05) is 67.3 Å². The van der Waals surface area contributed by atoms with E-state index < -0.39 is 38.2 Å². The number of halogens is 4. The number of rotatable bonds is 11. The molecule has 4 heterocycles. The Balaban J connectivity index is 1.05. The molecule has 7 rings (SSSR count). The van der Waals surface area contributed by atoms with E-state index in [1.807, 2.05) is 25.7 Å². The van der Waals surface area contributed by atoms with Gasteiger partial charge in [0.25, 0.3) is 5.91 Å². The van der Waals surface area contributed by atoms with Crippen molar-refractivity contribution in [1.29, 1.82) is 0 Å². The Kier molecular flexibility index (Phi) is 12.9. The lowest BCUT2D eigenvalue weighted by Crippen LogP contribution is -2.54. The molecular formula is C45H54ClF3N8O6Si. The van der Waals surface area contributed by atoms with Gasteiger partial charge in [0.05, 0.1) is 43.2 Å². The molecule has 19 heteroatoms. The summed E-state index contributed by atoms with van der Waals surface area (Å²) < 4.78 is 50.7. The number of hydrogen-bond acceptors (Lipinski definition) is 9. The maximum Gasteiger partial charge on any atom is 0.573 e. The number of amides is 4. The molecule has 1 aliphatic carbocycles. The van der Waals surface area contributed by atoms with Crippen molar-refractivity contribution in [3.63, 3.8) is 0 Å². The van der Waals surface area contributed by atoms with Gasteiger partial charge in [0.1, 0.15) is 23.4 Å². The molecule has 3 fully saturated rings. The number of nitrogens with one attached hydrogen (secondary N) is 3. The fourth-order valence-corrected chi connectivity index (χ4v) is 11.8. The Hall–Kier alpha value is -5.62. The molecule has 2 aromatic heterocycles. The lowest BCUT2D eigenvalue weighted by atomic mass is 10.0. The number of alkyl halides is 3. The summed E-state index contributed by atoms with van der Waals surface area (Å²) in [6, 6.07) is 11.8. The molecule has 342 valence electrons. The van der Waals surface area contributed by atoms with E-state index in [1.54, 1.807) is 47.5 Å². The second-order valence-corrected chi connectivity index (χ2v) is 24.2. The number of hydrogen-bond donors (Lipinski definition) is 3. The summed E-state index contributed by atoms with van der Waals surface area (Å²) in [5.74, 6) is -0.169. The molecule has 2 aromatic carbocycles. The normalized spacial score (nSPS) is 20.8. The van der Waals surface area contributed by atoms with Crippen molar-refractivity contribution >= 4 is 55.0 Å². The van der Waals surface area contributed by atoms with Crippen LogP contribution in [0.5, 0.6) is 5.75 Å². The van der Waals surface area contributed by atoms with Gasteiger partial charge in [-0.15, -0.1) is 13.2 Å². The minimum Gasteiger partial charge on any atom is -0.453 e. The Morgan fingerprint density at radius 1 is 1.03 bits per heavy atom. The summed E-state index contributed by atoms with van der Waals surface area (Å²) in [4.78, 5) is 70.7. The molecule has 1 saturated carbocycles. The summed E-state index contributed by atoms with van der Waals surface area (Å²) in [6.45, 7) is 16.0. The summed E-state index contributed by atoms with van der Waals surface area (Å²) in [6.07, 6.45) is -1.17. The van der Waals surface area contributed by atoms with Gasteiger partial charge in [-0.2, -0.15) is 0 Å². The second-order valence-electron chi connectivity index (χ2n) is 18.8. The number of ether oxygens (including phenoxy) is 2. The van der Waals surface area contributed by atoms with Crippen LogP contribution < -0.4 is 20.3 Å². The smallest absolute Gasteiger partial charge is 0.453 e. The van der Waals surface area contributed by atoms with E-state index >= 15 is 0 Å². The first kappa shape index (κ1) is 46.4. The molecule has 0 bridgehead atoms. The lowest BCUT2D eigenvalue weighted by Gasteiger charge is -2.40. The number of benzene rings is 2. The molecule has 2 aliphatic heterocycles. The number of piperazine rings is 1. The molecule has 4 amide bonds. The van der Waals surface area contributed by atoms with E-state index in [-0.39, 0.29) is 63.0 Å². The molecule has 3 N–H and O–H groups in total. The van der Waals surface area contributed by atoms with Crippen LogP contribution in [0.2, 0.25) is 24.2 Å². The van der Waals surface area contributed by atoms with E-state index in [1.165, 1.54) is 19.4 Å². The van der Waals surface area contributed by atoms with Crippen molar-refractivity contribution in [2.24, 2.45) is 17.3 Å². The number of imidazole rings is 1. The minimum atomic E-state index is -5.06. The third kappa shape index (κ3) is 10.2.